The van der Waals surface area contributed by atoms with Gasteiger partial charge in [-0.05, 0) is 76.2 Å². The van der Waals surface area contributed by atoms with Gasteiger partial charge in [0, 0.05) is 23.1 Å². The van der Waals surface area contributed by atoms with E-state index in [0.717, 1.165) is 26.2 Å². The molecule has 0 amide bonds. The first-order valence-electron chi connectivity index (χ1n) is 10.2. The monoisotopic (exact) mass is 340 g/mol. The van der Waals surface area contributed by atoms with Crippen molar-refractivity contribution >= 4 is 10.9 Å². The molecule has 25 heavy (non-hydrogen) atoms. The zero-order valence-corrected chi connectivity index (χ0v) is 15.6. The maximum atomic E-state index is 10.8. The molecule has 3 nitrogen and oxygen atoms in total. The van der Waals surface area contributed by atoms with Crippen molar-refractivity contribution in [2.45, 2.75) is 70.9 Å². The van der Waals surface area contributed by atoms with E-state index < -0.39 is 0 Å². The number of aryl methyl sites for hydroxylation is 2. The molecule has 1 aromatic heterocycles. The van der Waals surface area contributed by atoms with Crippen LogP contribution in [-0.4, -0.2) is 40.3 Å². The fourth-order valence-electron chi connectivity index (χ4n) is 4.84. The lowest BCUT2D eigenvalue weighted by Crippen LogP contribution is -2.35. The molecule has 2 aliphatic rings. The molecule has 2 aromatic rings. The van der Waals surface area contributed by atoms with E-state index in [9.17, 15) is 5.11 Å². The minimum atomic E-state index is -0.277. The average Bonchev–Trinajstić information content (AvgIpc) is 2.77. The number of nitrogens with zero attached hydrogens (tertiary/aromatic N) is 2. The third kappa shape index (κ3) is 3.63. The first-order valence-corrected chi connectivity index (χ1v) is 10.2. The van der Waals surface area contributed by atoms with Crippen molar-refractivity contribution in [3.05, 3.63) is 35.0 Å². The van der Waals surface area contributed by atoms with Crippen LogP contribution >= 0.6 is 0 Å². The Morgan fingerprint density at radius 1 is 0.960 bits per heavy atom. The molecular formula is C22H32N2O. The summed E-state index contributed by atoms with van der Waals surface area (Å²) in [4.78, 5) is 2.47. The topological polar surface area (TPSA) is 28.4 Å². The summed E-state index contributed by atoms with van der Waals surface area (Å²) in [6.45, 7) is 6.05. The zero-order chi connectivity index (χ0) is 17.2. The maximum absolute atomic E-state index is 10.8. The molecule has 0 radical (unpaired) electrons. The second-order valence-corrected chi connectivity index (χ2v) is 8.13. The van der Waals surface area contributed by atoms with E-state index in [1.165, 1.54) is 73.5 Å². The van der Waals surface area contributed by atoms with Crippen molar-refractivity contribution in [3.63, 3.8) is 0 Å². The standard InChI is InChI=1S/C22H32N2O/c1-17-10-11-22-20(14-17)19-8-4-5-9-21(19)24(22)16-18(25)15-23-12-6-2-3-7-13-23/h10-11,14,18,25H,2-9,12-13,15-16H2,1H3/t18-/m0/s1. The van der Waals surface area contributed by atoms with E-state index in [4.69, 9.17) is 0 Å². The molecule has 0 saturated carbocycles. The predicted octanol–water partition coefficient (Wildman–Crippen LogP) is 4.07. The Bertz CT molecular complexity index is 725. The number of aliphatic hydroxyl groups excluding tert-OH is 1. The fourth-order valence-corrected chi connectivity index (χ4v) is 4.84. The average molecular weight is 341 g/mol. The summed E-state index contributed by atoms with van der Waals surface area (Å²) in [6.07, 6.45) is 9.94. The van der Waals surface area contributed by atoms with Crippen molar-refractivity contribution in [2.75, 3.05) is 19.6 Å². The van der Waals surface area contributed by atoms with E-state index in [2.05, 4.69) is 34.6 Å². The molecule has 1 aromatic carbocycles. The second kappa shape index (κ2) is 7.51. The Labute approximate surface area is 151 Å². The highest BCUT2D eigenvalue weighted by atomic mass is 16.3. The van der Waals surface area contributed by atoms with Crippen LogP contribution in [0.15, 0.2) is 18.2 Å². The second-order valence-electron chi connectivity index (χ2n) is 8.13. The number of aromatic nitrogens is 1. The van der Waals surface area contributed by atoms with Gasteiger partial charge in [0.1, 0.15) is 0 Å². The molecule has 0 unspecified atom stereocenters. The summed E-state index contributed by atoms with van der Waals surface area (Å²) in [7, 11) is 0. The van der Waals surface area contributed by atoms with Gasteiger partial charge in [0.25, 0.3) is 0 Å². The molecule has 1 N–H and O–H groups in total. The number of β-amino-alcohol motifs (C(OH)–C–C–N with tert-alkyl or cyclic N) is 1. The Kier molecular flexibility index (Phi) is 5.14. The van der Waals surface area contributed by atoms with Gasteiger partial charge in [0.15, 0.2) is 0 Å². The van der Waals surface area contributed by atoms with Crippen LogP contribution in [0.25, 0.3) is 10.9 Å². The van der Waals surface area contributed by atoms with Crippen LogP contribution in [0.5, 0.6) is 0 Å². The lowest BCUT2D eigenvalue weighted by atomic mass is 9.95. The highest BCUT2D eigenvalue weighted by Crippen LogP contribution is 2.33. The lowest BCUT2D eigenvalue weighted by molar-refractivity contribution is 0.0999. The van der Waals surface area contributed by atoms with Gasteiger partial charge in [-0.1, -0.05) is 24.5 Å². The van der Waals surface area contributed by atoms with Crippen molar-refractivity contribution in [1.82, 2.24) is 9.47 Å². The molecule has 2 heterocycles. The number of benzene rings is 1. The van der Waals surface area contributed by atoms with E-state index in [1.807, 2.05) is 0 Å². The lowest BCUT2D eigenvalue weighted by Gasteiger charge is -2.25. The van der Waals surface area contributed by atoms with E-state index >= 15 is 0 Å². The van der Waals surface area contributed by atoms with Crippen LogP contribution in [0, 0.1) is 6.92 Å². The highest BCUT2D eigenvalue weighted by molar-refractivity contribution is 5.86. The molecule has 0 bridgehead atoms. The van der Waals surface area contributed by atoms with Gasteiger partial charge < -0.3 is 14.6 Å². The summed E-state index contributed by atoms with van der Waals surface area (Å²) in [5, 5.41) is 12.2. The summed E-state index contributed by atoms with van der Waals surface area (Å²) in [5.41, 5.74) is 5.70. The normalized spacial score (nSPS) is 20.4. The molecular weight excluding hydrogens is 308 g/mol. The number of hydrogen-bond acceptors (Lipinski definition) is 2. The van der Waals surface area contributed by atoms with Gasteiger partial charge >= 0.3 is 0 Å². The van der Waals surface area contributed by atoms with E-state index in [1.54, 1.807) is 5.56 Å². The quantitative estimate of drug-likeness (QED) is 0.909. The van der Waals surface area contributed by atoms with E-state index in [-0.39, 0.29) is 6.10 Å². The van der Waals surface area contributed by atoms with Crippen LogP contribution in [0.3, 0.4) is 0 Å². The maximum Gasteiger partial charge on any atom is 0.0845 e. The van der Waals surface area contributed by atoms with E-state index in [0.29, 0.717) is 0 Å². The Morgan fingerprint density at radius 3 is 2.52 bits per heavy atom. The van der Waals surface area contributed by atoms with Crippen molar-refractivity contribution < 1.29 is 5.11 Å². The third-order valence-corrected chi connectivity index (χ3v) is 6.09. The molecule has 1 aliphatic heterocycles. The summed E-state index contributed by atoms with van der Waals surface area (Å²) in [5.74, 6) is 0. The van der Waals surface area contributed by atoms with Gasteiger partial charge in [-0.3, -0.25) is 0 Å². The molecule has 1 aliphatic carbocycles. The highest BCUT2D eigenvalue weighted by Gasteiger charge is 2.22. The van der Waals surface area contributed by atoms with Gasteiger partial charge in [-0.15, -0.1) is 0 Å². The van der Waals surface area contributed by atoms with Crippen molar-refractivity contribution in [1.29, 1.82) is 0 Å². The number of likely N-dealkylation sites (tertiary alicyclic amines) is 1. The number of rotatable bonds is 4. The Hall–Kier alpha value is -1.32. The van der Waals surface area contributed by atoms with Gasteiger partial charge in [-0.25, -0.2) is 0 Å². The van der Waals surface area contributed by atoms with Crippen LogP contribution in [0.1, 0.15) is 55.3 Å². The van der Waals surface area contributed by atoms with Gasteiger partial charge in [0.05, 0.1) is 12.6 Å². The zero-order valence-electron chi connectivity index (χ0n) is 15.6. The SMILES string of the molecule is Cc1ccc2c(c1)c1c(n2C[C@@H](O)CN2CCCCCC2)CCCC1. The Morgan fingerprint density at radius 2 is 1.72 bits per heavy atom. The summed E-state index contributed by atoms with van der Waals surface area (Å²) >= 11 is 0. The largest absolute Gasteiger partial charge is 0.390 e. The molecule has 1 fully saturated rings. The first-order chi connectivity index (χ1) is 12.2. The number of aliphatic hydroxyl groups is 1. The minimum absolute atomic E-state index is 0.277. The smallest absolute Gasteiger partial charge is 0.0845 e. The predicted molar refractivity (Wildman–Crippen MR) is 104 cm³/mol. The van der Waals surface area contributed by atoms with Crippen LogP contribution in [-0.2, 0) is 19.4 Å². The Balaban J connectivity index is 1.58. The third-order valence-electron chi connectivity index (χ3n) is 6.09. The van der Waals surface area contributed by atoms with Crippen LogP contribution < -0.4 is 0 Å². The molecule has 3 heteroatoms. The summed E-state index contributed by atoms with van der Waals surface area (Å²) in [6, 6.07) is 6.82. The van der Waals surface area contributed by atoms with Crippen molar-refractivity contribution in [3.8, 4) is 0 Å². The fraction of sp³-hybridized carbons (Fsp3) is 0.636. The minimum Gasteiger partial charge on any atom is -0.390 e. The molecule has 136 valence electrons. The first kappa shape index (κ1) is 17.1. The summed E-state index contributed by atoms with van der Waals surface area (Å²) < 4.78 is 2.44. The van der Waals surface area contributed by atoms with Crippen LogP contribution in [0.4, 0.5) is 0 Å². The molecule has 1 atom stereocenters. The number of hydrogen-bond donors (Lipinski definition) is 1. The molecule has 4 rings (SSSR count). The number of fused-ring (bicyclic) bond motifs is 3. The van der Waals surface area contributed by atoms with Gasteiger partial charge in [0.2, 0.25) is 0 Å². The molecule has 0 spiro atoms. The van der Waals surface area contributed by atoms with Gasteiger partial charge in [-0.2, -0.15) is 0 Å². The van der Waals surface area contributed by atoms with Crippen molar-refractivity contribution in [2.24, 2.45) is 0 Å². The van der Waals surface area contributed by atoms with Crippen LogP contribution in [0.2, 0.25) is 0 Å². The molecule has 1 saturated heterocycles.